The van der Waals surface area contributed by atoms with E-state index in [4.69, 9.17) is 4.74 Å². The highest BCUT2D eigenvalue weighted by atomic mass is 31.1. The Hall–Kier alpha value is -0.390. The van der Waals surface area contributed by atoms with Crippen LogP contribution in [0.25, 0.3) is 0 Å². The fraction of sp³-hybridized carbons (Fsp3) is 0.636. The smallest absolute Gasteiger partial charge is 0.328 e. The SMILES string of the molecule is C=P(=C)C(CPC)=NCC(=O)OC(C)(C)C. The van der Waals surface area contributed by atoms with Gasteiger partial charge in [-0.15, -0.1) is 8.58 Å². The van der Waals surface area contributed by atoms with Gasteiger partial charge in [0.25, 0.3) is 0 Å². The summed E-state index contributed by atoms with van der Waals surface area (Å²) in [6, 6.07) is 0. The van der Waals surface area contributed by atoms with Crippen LogP contribution < -0.4 is 0 Å². The predicted octanol–water partition coefficient (Wildman–Crippen LogP) is 2.38. The van der Waals surface area contributed by atoms with Crippen molar-refractivity contribution in [1.82, 2.24) is 0 Å². The number of hydrogen-bond donors (Lipinski definition) is 0. The first-order chi connectivity index (χ1) is 7.26. The fourth-order valence-corrected chi connectivity index (χ4v) is 3.02. The molecular formula is C11H21NO2P2. The normalized spacial score (nSPS) is 13.1. The summed E-state index contributed by atoms with van der Waals surface area (Å²) in [7, 11) is 0.0930. The van der Waals surface area contributed by atoms with Gasteiger partial charge in [-0.2, -0.15) is 0 Å². The zero-order valence-electron chi connectivity index (χ0n) is 10.5. The van der Waals surface area contributed by atoms with Gasteiger partial charge in [-0.1, -0.05) is 19.8 Å². The Morgan fingerprint density at radius 3 is 2.38 bits per heavy atom. The van der Waals surface area contributed by atoms with Gasteiger partial charge >= 0.3 is 5.97 Å². The fourth-order valence-electron chi connectivity index (χ4n) is 0.955. The molecule has 0 saturated carbocycles. The molecule has 0 saturated heterocycles. The summed E-state index contributed by atoms with van der Waals surface area (Å²) < 4.78 is 5.17. The molecule has 0 aliphatic rings. The van der Waals surface area contributed by atoms with E-state index in [9.17, 15) is 4.79 Å². The molecule has 16 heavy (non-hydrogen) atoms. The molecule has 3 nitrogen and oxygen atoms in total. The van der Waals surface area contributed by atoms with E-state index in [1.807, 2.05) is 20.8 Å². The van der Waals surface area contributed by atoms with E-state index >= 15 is 0 Å². The lowest BCUT2D eigenvalue weighted by Gasteiger charge is -2.18. The predicted molar refractivity (Wildman–Crippen MR) is 78.4 cm³/mol. The van der Waals surface area contributed by atoms with Crippen molar-refractivity contribution in [3.63, 3.8) is 0 Å². The first-order valence-electron chi connectivity index (χ1n) is 5.07. The number of carbonyl (C=O) groups is 1. The number of aliphatic imine (C=N–C) groups is 1. The molecule has 0 heterocycles. The molecule has 92 valence electrons. The van der Waals surface area contributed by atoms with Crippen LogP contribution in [0.5, 0.6) is 0 Å². The van der Waals surface area contributed by atoms with Crippen molar-refractivity contribution in [2.75, 3.05) is 19.4 Å². The molecule has 0 N–H and O–H groups in total. The highest BCUT2D eigenvalue weighted by Gasteiger charge is 2.15. The zero-order chi connectivity index (χ0) is 12.8. The molecule has 1 atom stereocenters. The number of nitrogens with zero attached hydrogens (tertiary/aromatic N) is 1. The van der Waals surface area contributed by atoms with E-state index < -0.39 is 12.8 Å². The van der Waals surface area contributed by atoms with Crippen LogP contribution in [0, 0.1) is 0 Å². The lowest BCUT2D eigenvalue weighted by molar-refractivity contribution is -0.152. The Kier molecular flexibility index (Phi) is 6.87. The molecule has 0 aliphatic heterocycles. The van der Waals surface area contributed by atoms with Gasteiger partial charge < -0.3 is 4.74 Å². The number of carbonyl (C=O) groups excluding carboxylic acids is 1. The molecule has 5 heteroatoms. The third kappa shape index (κ3) is 7.84. The van der Waals surface area contributed by atoms with Crippen LogP contribution >= 0.6 is 15.7 Å². The molecule has 0 bridgehead atoms. The summed E-state index contributed by atoms with van der Waals surface area (Å²) >= 11 is 0. The number of hydrogen-bond acceptors (Lipinski definition) is 3. The van der Waals surface area contributed by atoms with Crippen molar-refractivity contribution >= 4 is 39.8 Å². The van der Waals surface area contributed by atoms with Crippen molar-refractivity contribution in [3.05, 3.63) is 0 Å². The molecule has 0 fully saturated rings. The van der Waals surface area contributed by atoms with E-state index in [0.717, 1.165) is 20.2 Å². The highest BCUT2D eigenvalue weighted by molar-refractivity contribution is 7.72. The maximum Gasteiger partial charge on any atom is 0.328 e. The molecule has 1 unspecified atom stereocenters. The second kappa shape index (κ2) is 7.04. The zero-order valence-corrected chi connectivity index (χ0v) is 12.4. The average Bonchev–Trinajstić information content (AvgIpc) is 2.08. The summed E-state index contributed by atoms with van der Waals surface area (Å²) in [6.07, 6.45) is 8.66. The minimum atomic E-state index is -0.684. The molecule has 0 aromatic rings. The lowest BCUT2D eigenvalue weighted by Crippen LogP contribution is -2.25. The second-order valence-corrected chi connectivity index (χ2v) is 7.05. The number of esters is 1. The Labute approximate surface area is 100 Å². The quantitative estimate of drug-likeness (QED) is 0.433. The molecule has 0 radical (unpaired) electrons. The van der Waals surface area contributed by atoms with E-state index in [1.54, 1.807) is 0 Å². The number of rotatable bonds is 5. The largest absolute Gasteiger partial charge is 0.459 e. The molecule has 0 amide bonds. The summed E-state index contributed by atoms with van der Waals surface area (Å²) in [6.45, 7) is 7.72. The lowest BCUT2D eigenvalue weighted by atomic mass is 10.2. The van der Waals surface area contributed by atoms with Crippen LogP contribution in [0.15, 0.2) is 4.99 Å². The van der Waals surface area contributed by atoms with Gasteiger partial charge in [0.05, 0.1) is 5.45 Å². The summed E-state index contributed by atoms with van der Waals surface area (Å²) in [5.74, 6) is -0.290. The van der Waals surface area contributed by atoms with Crippen LogP contribution in [0.1, 0.15) is 20.8 Å². The Balaban J connectivity index is 4.38. The Bertz CT molecular complexity index is 330. The minimum absolute atomic E-state index is 0.0843. The van der Waals surface area contributed by atoms with Crippen molar-refractivity contribution in [3.8, 4) is 0 Å². The minimum Gasteiger partial charge on any atom is -0.459 e. The third-order valence-electron chi connectivity index (χ3n) is 1.51. The van der Waals surface area contributed by atoms with Gasteiger partial charge in [0.15, 0.2) is 0 Å². The van der Waals surface area contributed by atoms with E-state index in [2.05, 4.69) is 24.3 Å². The standard InChI is InChI=1S/C11H21NO2P2/c1-11(2,3)14-10(13)7-12-9(8-15-4)16(5)6/h15H,5-8H2,1-4H3. The van der Waals surface area contributed by atoms with Gasteiger partial charge in [0.2, 0.25) is 0 Å². The average molecular weight is 261 g/mol. The third-order valence-corrected chi connectivity index (χ3v) is 3.53. The molecule has 0 aromatic carbocycles. The van der Waals surface area contributed by atoms with Gasteiger partial charge in [0.1, 0.15) is 12.1 Å². The molecule has 0 aromatic heterocycles. The van der Waals surface area contributed by atoms with Gasteiger partial charge in [-0.05, 0) is 27.4 Å². The van der Waals surface area contributed by atoms with Crippen LogP contribution in [-0.4, -0.2) is 49.0 Å². The van der Waals surface area contributed by atoms with Crippen molar-refractivity contribution in [1.29, 1.82) is 0 Å². The van der Waals surface area contributed by atoms with Crippen LogP contribution in [0.4, 0.5) is 0 Å². The topological polar surface area (TPSA) is 38.7 Å². The molecular weight excluding hydrogens is 240 g/mol. The van der Waals surface area contributed by atoms with Gasteiger partial charge in [0, 0.05) is 6.16 Å². The van der Waals surface area contributed by atoms with Crippen LogP contribution in [0.2, 0.25) is 0 Å². The Morgan fingerprint density at radius 2 is 2.00 bits per heavy atom. The summed E-state index contributed by atoms with van der Waals surface area (Å²) in [5.41, 5.74) is 0.514. The first kappa shape index (κ1) is 15.6. The van der Waals surface area contributed by atoms with Crippen LogP contribution in [-0.2, 0) is 9.53 Å². The maximum absolute atomic E-state index is 11.4. The van der Waals surface area contributed by atoms with Crippen LogP contribution in [0.3, 0.4) is 0 Å². The van der Waals surface area contributed by atoms with Crippen molar-refractivity contribution in [2.45, 2.75) is 26.4 Å². The Morgan fingerprint density at radius 1 is 1.44 bits per heavy atom. The monoisotopic (exact) mass is 261 g/mol. The second-order valence-electron chi connectivity index (χ2n) is 4.39. The van der Waals surface area contributed by atoms with E-state index in [-0.39, 0.29) is 12.5 Å². The van der Waals surface area contributed by atoms with Crippen molar-refractivity contribution in [2.24, 2.45) is 4.99 Å². The summed E-state index contributed by atoms with van der Waals surface area (Å²) in [4.78, 5) is 15.7. The molecule has 0 rings (SSSR count). The molecule has 0 spiro atoms. The highest BCUT2D eigenvalue weighted by Crippen LogP contribution is 2.14. The number of ether oxygens (including phenoxy) is 1. The van der Waals surface area contributed by atoms with E-state index in [0.29, 0.717) is 0 Å². The van der Waals surface area contributed by atoms with Crippen molar-refractivity contribution < 1.29 is 9.53 Å². The molecule has 0 aliphatic carbocycles. The first-order valence-corrected chi connectivity index (χ1v) is 8.49. The maximum atomic E-state index is 11.4. The van der Waals surface area contributed by atoms with Gasteiger partial charge in [-0.3, -0.25) is 9.79 Å². The van der Waals surface area contributed by atoms with E-state index in [1.165, 1.54) is 0 Å². The summed E-state index contributed by atoms with van der Waals surface area (Å²) in [5, 5.41) is 0. The van der Waals surface area contributed by atoms with Gasteiger partial charge in [-0.25, -0.2) is 0 Å².